The molecule has 0 aliphatic heterocycles. The standard InChI is InChI=1S/C16H19NO2/c18-15(12-4-2-1-3-5-12)10-17-16(19)14-9-11-6-7-13(14)8-11/h1-7,11,13-15,18H,8-10H2,(H,17,19). The van der Waals surface area contributed by atoms with Gasteiger partial charge in [-0.3, -0.25) is 4.79 Å². The Balaban J connectivity index is 1.52. The van der Waals surface area contributed by atoms with E-state index in [0.29, 0.717) is 18.4 Å². The van der Waals surface area contributed by atoms with Gasteiger partial charge >= 0.3 is 0 Å². The van der Waals surface area contributed by atoms with Gasteiger partial charge in [-0.05, 0) is 30.2 Å². The van der Waals surface area contributed by atoms with Gasteiger partial charge in [-0.2, -0.15) is 0 Å². The smallest absolute Gasteiger partial charge is 0.223 e. The minimum absolute atomic E-state index is 0.0897. The molecule has 4 unspecified atom stereocenters. The number of aliphatic hydroxyl groups is 1. The summed E-state index contributed by atoms with van der Waals surface area (Å²) >= 11 is 0. The van der Waals surface area contributed by atoms with Crippen molar-refractivity contribution in [2.24, 2.45) is 17.8 Å². The lowest BCUT2D eigenvalue weighted by atomic mass is 9.93. The molecule has 0 heterocycles. The summed E-state index contributed by atoms with van der Waals surface area (Å²) in [5.74, 6) is 1.21. The van der Waals surface area contributed by atoms with Crippen LogP contribution >= 0.6 is 0 Å². The highest BCUT2D eigenvalue weighted by Crippen LogP contribution is 2.43. The zero-order valence-corrected chi connectivity index (χ0v) is 10.8. The summed E-state index contributed by atoms with van der Waals surface area (Å²) < 4.78 is 0. The summed E-state index contributed by atoms with van der Waals surface area (Å²) in [4.78, 5) is 12.1. The Bertz CT molecular complexity index is 483. The third-order valence-corrected chi connectivity index (χ3v) is 4.27. The van der Waals surface area contributed by atoms with Crippen molar-refractivity contribution in [3.63, 3.8) is 0 Å². The van der Waals surface area contributed by atoms with E-state index < -0.39 is 6.10 Å². The first-order valence-corrected chi connectivity index (χ1v) is 6.93. The summed E-state index contributed by atoms with van der Waals surface area (Å²) in [7, 11) is 0. The number of rotatable bonds is 4. The SMILES string of the molecule is O=C(NCC(O)c1ccccc1)C1CC2C=CC1C2. The summed E-state index contributed by atoms with van der Waals surface area (Å²) in [5.41, 5.74) is 0.843. The van der Waals surface area contributed by atoms with Gasteiger partial charge in [0.2, 0.25) is 5.91 Å². The number of benzene rings is 1. The molecule has 1 saturated carbocycles. The van der Waals surface area contributed by atoms with Gasteiger partial charge < -0.3 is 10.4 Å². The third kappa shape index (κ3) is 2.56. The zero-order valence-electron chi connectivity index (χ0n) is 10.8. The molecule has 0 spiro atoms. The number of allylic oxidation sites excluding steroid dienone is 2. The minimum atomic E-state index is -0.626. The fourth-order valence-electron chi connectivity index (χ4n) is 3.20. The molecular weight excluding hydrogens is 238 g/mol. The largest absolute Gasteiger partial charge is 0.387 e. The number of carbonyl (C=O) groups is 1. The molecule has 0 aromatic heterocycles. The van der Waals surface area contributed by atoms with Crippen LogP contribution in [0.4, 0.5) is 0 Å². The molecule has 0 radical (unpaired) electrons. The highest BCUT2D eigenvalue weighted by Gasteiger charge is 2.39. The lowest BCUT2D eigenvalue weighted by molar-refractivity contribution is -0.126. The quantitative estimate of drug-likeness (QED) is 0.811. The van der Waals surface area contributed by atoms with E-state index in [1.54, 1.807) is 0 Å². The van der Waals surface area contributed by atoms with E-state index in [2.05, 4.69) is 17.5 Å². The monoisotopic (exact) mass is 257 g/mol. The number of aliphatic hydroxyl groups excluding tert-OH is 1. The predicted molar refractivity (Wildman–Crippen MR) is 73.3 cm³/mol. The van der Waals surface area contributed by atoms with E-state index in [-0.39, 0.29) is 11.8 Å². The van der Waals surface area contributed by atoms with Crippen LogP contribution in [0.3, 0.4) is 0 Å². The van der Waals surface area contributed by atoms with Crippen LogP contribution < -0.4 is 5.32 Å². The van der Waals surface area contributed by atoms with Crippen molar-refractivity contribution in [1.29, 1.82) is 0 Å². The van der Waals surface area contributed by atoms with Crippen molar-refractivity contribution in [2.75, 3.05) is 6.54 Å². The van der Waals surface area contributed by atoms with Crippen molar-refractivity contribution in [3.8, 4) is 0 Å². The summed E-state index contributed by atoms with van der Waals surface area (Å²) in [5, 5.41) is 12.9. The van der Waals surface area contributed by atoms with Crippen molar-refractivity contribution < 1.29 is 9.90 Å². The van der Waals surface area contributed by atoms with Crippen LogP contribution in [0.5, 0.6) is 0 Å². The van der Waals surface area contributed by atoms with Crippen LogP contribution in [0.25, 0.3) is 0 Å². The molecule has 3 nitrogen and oxygen atoms in total. The zero-order chi connectivity index (χ0) is 13.2. The Kier molecular flexibility index (Phi) is 3.38. The molecule has 1 fully saturated rings. The molecule has 1 amide bonds. The topological polar surface area (TPSA) is 49.3 Å². The van der Waals surface area contributed by atoms with Gasteiger partial charge in [0, 0.05) is 12.5 Å². The molecule has 2 aliphatic carbocycles. The van der Waals surface area contributed by atoms with Crippen LogP contribution in [-0.4, -0.2) is 17.6 Å². The van der Waals surface area contributed by atoms with E-state index in [9.17, 15) is 9.90 Å². The van der Waals surface area contributed by atoms with Crippen molar-refractivity contribution in [3.05, 3.63) is 48.0 Å². The van der Waals surface area contributed by atoms with E-state index in [1.807, 2.05) is 30.3 Å². The molecule has 1 aromatic rings. The second kappa shape index (κ2) is 5.17. The van der Waals surface area contributed by atoms with Gasteiger partial charge in [-0.25, -0.2) is 0 Å². The van der Waals surface area contributed by atoms with Crippen molar-refractivity contribution in [1.82, 2.24) is 5.32 Å². The lowest BCUT2D eigenvalue weighted by Gasteiger charge is -2.19. The second-order valence-electron chi connectivity index (χ2n) is 5.56. The molecule has 3 heteroatoms. The Morgan fingerprint density at radius 1 is 1.26 bits per heavy atom. The number of nitrogens with one attached hydrogen (secondary N) is 1. The fourth-order valence-corrected chi connectivity index (χ4v) is 3.20. The van der Waals surface area contributed by atoms with Crippen LogP contribution in [0.1, 0.15) is 24.5 Å². The van der Waals surface area contributed by atoms with Crippen LogP contribution in [0, 0.1) is 17.8 Å². The minimum Gasteiger partial charge on any atom is -0.387 e. The highest BCUT2D eigenvalue weighted by atomic mass is 16.3. The molecular formula is C16H19NO2. The van der Waals surface area contributed by atoms with Gasteiger partial charge in [0.25, 0.3) is 0 Å². The molecule has 2 N–H and O–H groups in total. The molecule has 2 aliphatic rings. The molecule has 2 bridgehead atoms. The van der Waals surface area contributed by atoms with Gasteiger partial charge in [-0.15, -0.1) is 0 Å². The number of hydrogen-bond acceptors (Lipinski definition) is 2. The molecule has 0 saturated heterocycles. The van der Waals surface area contributed by atoms with E-state index in [4.69, 9.17) is 0 Å². The number of amides is 1. The van der Waals surface area contributed by atoms with Crippen molar-refractivity contribution >= 4 is 5.91 Å². The molecule has 1 aromatic carbocycles. The maximum Gasteiger partial charge on any atom is 0.223 e. The first-order valence-electron chi connectivity index (χ1n) is 6.93. The van der Waals surface area contributed by atoms with Crippen LogP contribution in [0.2, 0.25) is 0 Å². The lowest BCUT2D eigenvalue weighted by Crippen LogP contribution is -2.35. The van der Waals surface area contributed by atoms with Gasteiger partial charge in [0.05, 0.1) is 6.10 Å². The highest BCUT2D eigenvalue weighted by molar-refractivity contribution is 5.80. The Morgan fingerprint density at radius 3 is 2.68 bits per heavy atom. The molecule has 4 atom stereocenters. The molecule has 19 heavy (non-hydrogen) atoms. The summed E-state index contributed by atoms with van der Waals surface area (Å²) in [6, 6.07) is 9.44. The van der Waals surface area contributed by atoms with Gasteiger partial charge in [0.1, 0.15) is 0 Å². The first-order chi connectivity index (χ1) is 9.24. The Hall–Kier alpha value is -1.61. The summed E-state index contributed by atoms with van der Waals surface area (Å²) in [6.45, 7) is 0.292. The average Bonchev–Trinajstić information content (AvgIpc) is 3.08. The predicted octanol–water partition coefficient (Wildman–Crippen LogP) is 2.05. The summed E-state index contributed by atoms with van der Waals surface area (Å²) in [6.07, 6.45) is 5.87. The van der Waals surface area contributed by atoms with Gasteiger partial charge in [-0.1, -0.05) is 42.5 Å². The number of fused-ring (bicyclic) bond motifs is 2. The Labute approximate surface area is 113 Å². The second-order valence-corrected chi connectivity index (χ2v) is 5.56. The molecule has 100 valence electrons. The maximum absolute atomic E-state index is 12.1. The van der Waals surface area contributed by atoms with E-state index >= 15 is 0 Å². The van der Waals surface area contributed by atoms with Crippen LogP contribution in [0.15, 0.2) is 42.5 Å². The van der Waals surface area contributed by atoms with E-state index in [0.717, 1.165) is 18.4 Å². The van der Waals surface area contributed by atoms with E-state index in [1.165, 1.54) is 0 Å². The molecule has 3 rings (SSSR count). The maximum atomic E-state index is 12.1. The fraction of sp³-hybridized carbons (Fsp3) is 0.438. The van der Waals surface area contributed by atoms with Crippen molar-refractivity contribution in [2.45, 2.75) is 18.9 Å². The van der Waals surface area contributed by atoms with Gasteiger partial charge in [0.15, 0.2) is 0 Å². The normalized spacial score (nSPS) is 29.4. The van der Waals surface area contributed by atoms with Crippen LogP contribution in [-0.2, 0) is 4.79 Å². The average molecular weight is 257 g/mol. The first kappa shape index (κ1) is 12.4. The number of hydrogen-bond donors (Lipinski definition) is 2. The Morgan fingerprint density at radius 2 is 2.05 bits per heavy atom. The third-order valence-electron chi connectivity index (χ3n) is 4.27. The number of carbonyl (C=O) groups excluding carboxylic acids is 1.